The molecule has 0 spiro atoms. The van der Waals surface area contributed by atoms with Crippen LogP contribution < -0.4 is 0 Å². The van der Waals surface area contributed by atoms with Crippen LogP contribution in [-0.2, 0) is 0 Å². The number of aromatic nitrogens is 3. The molecule has 1 N–H and O–H groups in total. The molecule has 2 atom stereocenters. The lowest BCUT2D eigenvalue weighted by molar-refractivity contribution is 0.0709. The molecule has 1 aromatic carbocycles. The summed E-state index contributed by atoms with van der Waals surface area (Å²) < 4.78 is 29.4. The molecule has 1 amide bonds. The summed E-state index contributed by atoms with van der Waals surface area (Å²) in [5.74, 6) is -1.70. The molecule has 3 heterocycles. The summed E-state index contributed by atoms with van der Waals surface area (Å²) in [6, 6.07) is 2.33. The van der Waals surface area contributed by atoms with Crippen LogP contribution in [-0.4, -0.2) is 42.9 Å². The predicted molar refractivity (Wildman–Crippen MR) is 83.7 cm³/mol. The Kier molecular flexibility index (Phi) is 3.69. The molecule has 2 aromatic heterocycles. The molecule has 4 rings (SSSR count). The van der Waals surface area contributed by atoms with Crippen LogP contribution in [0.1, 0.15) is 28.5 Å². The zero-order valence-corrected chi connectivity index (χ0v) is 13.0. The number of likely N-dealkylation sites (tertiary alicyclic amines) is 1. The minimum Gasteiger partial charge on any atom is -0.391 e. The number of amides is 1. The third-order valence-electron chi connectivity index (χ3n) is 4.37. The lowest BCUT2D eigenvalue weighted by Gasteiger charge is -2.24. The van der Waals surface area contributed by atoms with Gasteiger partial charge >= 0.3 is 0 Å². The summed E-state index contributed by atoms with van der Waals surface area (Å²) in [5.41, 5.74) is 0.510. The van der Waals surface area contributed by atoms with Crippen molar-refractivity contribution in [3.05, 3.63) is 65.9 Å². The number of carbonyl (C=O) groups is 1. The zero-order chi connectivity index (χ0) is 17.6. The molecule has 6 nitrogen and oxygen atoms in total. The van der Waals surface area contributed by atoms with Gasteiger partial charge in [-0.15, -0.1) is 0 Å². The zero-order valence-electron chi connectivity index (χ0n) is 13.0. The van der Waals surface area contributed by atoms with E-state index >= 15 is 0 Å². The number of carbonyl (C=O) groups excluding carboxylic acids is 1. The first kappa shape index (κ1) is 15.6. The molecule has 0 saturated carbocycles. The molecule has 1 aliphatic rings. The maximum absolute atomic E-state index is 14.2. The van der Waals surface area contributed by atoms with Crippen molar-refractivity contribution >= 4 is 11.6 Å². The largest absolute Gasteiger partial charge is 0.391 e. The second-order valence-electron chi connectivity index (χ2n) is 5.96. The van der Waals surface area contributed by atoms with Crippen molar-refractivity contribution in [3.8, 4) is 0 Å². The van der Waals surface area contributed by atoms with E-state index in [-0.39, 0.29) is 24.2 Å². The third kappa shape index (κ3) is 2.64. The molecule has 0 unspecified atom stereocenters. The van der Waals surface area contributed by atoms with Crippen LogP contribution in [0.3, 0.4) is 0 Å². The fraction of sp³-hybridized carbons (Fsp3) is 0.235. The summed E-state index contributed by atoms with van der Waals surface area (Å²) in [5, 5.41) is 10.0. The van der Waals surface area contributed by atoms with Crippen molar-refractivity contribution in [2.45, 2.75) is 18.6 Å². The molecule has 1 fully saturated rings. The molecular weight excluding hydrogens is 330 g/mol. The normalized spacial score (nSPS) is 20.4. The molecular formula is C17H14F2N4O2. The van der Waals surface area contributed by atoms with Crippen LogP contribution in [0.25, 0.3) is 5.65 Å². The second kappa shape index (κ2) is 5.89. The van der Waals surface area contributed by atoms with Crippen LogP contribution in [0, 0.1) is 11.6 Å². The first-order valence-corrected chi connectivity index (χ1v) is 7.76. The quantitative estimate of drug-likeness (QED) is 0.771. The number of benzene rings is 1. The van der Waals surface area contributed by atoms with Gasteiger partial charge in [-0.3, -0.25) is 4.79 Å². The fourth-order valence-corrected chi connectivity index (χ4v) is 3.24. The van der Waals surface area contributed by atoms with E-state index < -0.39 is 29.7 Å². The highest BCUT2D eigenvalue weighted by Gasteiger charge is 2.38. The number of rotatable bonds is 2. The average molecular weight is 344 g/mol. The van der Waals surface area contributed by atoms with Gasteiger partial charge < -0.3 is 14.4 Å². The molecule has 128 valence electrons. The number of imidazole rings is 1. The Balaban J connectivity index is 1.76. The summed E-state index contributed by atoms with van der Waals surface area (Å²) in [7, 11) is 0. The minimum atomic E-state index is -0.823. The molecule has 0 bridgehead atoms. The molecule has 25 heavy (non-hydrogen) atoms. The SMILES string of the molecule is O=C(c1nccn2ccnc12)N1C[C@@H](O)C[C@H]1c1cc(F)ccc1F. The molecule has 1 saturated heterocycles. The molecule has 0 aliphatic carbocycles. The van der Waals surface area contributed by atoms with Gasteiger partial charge in [0.1, 0.15) is 11.6 Å². The number of aliphatic hydroxyl groups is 1. The Hall–Kier alpha value is -2.87. The first-order valence-electron chi connectivity index (χ1n) is 7.76. The number of β-amino-alcohol motifs (C(OH)–C–C–N with tert-alkyl or cyclic N) is 1. The van der Waals surface area contributed by atoms with E-state index in [0.717, 1.165) is 18.2 Å². The van der Waals surface area contributed by atoms with Crippen molar-refractivity contribution in [1.29, 1.82) is 0 Å². The lowest BCUT2D eigenvalue weighted by atomic mass is 10.0. The van der Waals surface area contributed by atoms with Crippen LogP contribution in [0.5, 0.6) is 0 Å². The topological polar surface area (TPSA) is 70.7 Å². The van der Waals surface area contributed by atoms with E-state index in [1.807, 2.05) is 0 Å². The van der Waals surface area contributed by atoms with Crippen LogP contribution in [0.15, 0.2) is 43.0 Å². The number of fused-ring (bicyclic) bond motifs is 1. The van der Waals surface area contributed by atoms with Crippen molar-refractivity contribution in [2.24, 2.45) is 0 Å². The maximum Gasteiger partial charge on any atom is 0.276 e. The van der Waals surface area contributed by atoms with Crippen molar-refractivity contribution in [3.63, 3.8) is 0 Å². The van der Waals surface area contributed by atoms with Gasteiger partial charge in [-0.1, -0.05) is 0 Å². The highest BCUT2D eigenvalue weighted by atomic mass is 19.1. The van der Waals surface area contributed by atoms with E-state index in [1.165, 1.54) is 17.3 Å². The van der Waals surface area contributed by atoms with E-state index in [2.05, 4.69) is 9.97 Å². The predicted octanol–water partition coefficient (Wildman–Crippen LogP) is 1.96. The first-order chi connectivity index (χ1) is 12.0. The highest BCUT2D eigenvalue weighted by molar-refractivity contribution is 5.98. The summed E-state index contributed by atoms with van der Waals surface area (Å²) in [4.78, 5) is 22.5. The van der Waals surface area contributed by atoms with E-state index in [4.69, 9.17) is 0 Å². The molecule has 3 aromatic rings. The van der Waals surface area contributed by atoms with Gasteiger partial charge in [0.25, 0.3) is 5.91 Å². The van der Waals surface area contributed by atoms with Gasteiger partial charge in [0.05, 0.1) is 12.1 Å². The standard InChI is InChI=1S/C17H14F2N4O2/c18-10-1-2-13(19)12(7-10)14-8-11(24)9-23(14)17(25)15-16-21-4-6-22(16)5-3-20-15/h1-7,11,14,24H,8-9H2/t11-,14-/m0/s1. The number of aliphatic hydroxyl groups excluding tert-OH is 1. The molecule has 8 heteroatoms. The van der Waals surface area contributed by atoms with Gasteiger partial charge in [0.2, 0.25) is 0 Å². The van der Waals surface area contributed by atoms with Gasteiger partial charge in [-0.05, 0) is 24.6 Å². The van der Waals surface area contributed by atoms with E-state index in [1.54, 1.807) is 16.8 Å². The van der Waals surface area contributed by atoms with Gasteiger partial charge in [0.15, 0.2) is 11.3 Å². The average Bonchev–Trinajstić information content (AvgIpc) is 3.22. The number of hydrogen-bond donors (Lipinski definition) is 1. The third-order valence-corrected chi connectivity index (χ3v) is 4.37. The van der Waals surface area contributed by atoms with Gasteiger partial charge in [-0.2, -0.15) is 0 Å². The van der Waals surface area contributed by atoms with Crippen molar-refractivity contribution < 1.29 is 18.7 Å². The van der Waals surface area contributed by atoms with Crippen molar-refractivity contribution in [1.82, 2.24) is 19.3 Å². The Morgan fingerprint density at radius 2 is 1.96 bits per heavy atom. The fourth-order valence-electron chi connectivity index (χ4n) is 3.24. The monoisotopic (exact) mass is 344 g/mol. The molecule has 0 radical (unpaired) electrons. The van der Waals surface area contributed by atoms with Crippen molar-refractivity contribution in [2.75, 3.05) is 6.54 Å². The Bertz CT molecular complexity index is 959. The summed E-state index contributed by atoms with van der Waals surface area (Å²) in [6.45, 7) is 0.0168. The van der Waals surface area contributed by atoms with Gasteiger partial charge in [0, 0.05) is 36.9 Å². The van der Waals surface area contributed by atoms with E-state index in [9.17, 15) is 18.7 Å². The highest BCUT2D eigenvalue weighted by Crippen LogP contribution is 2.35. The lowest BCUT2D eigenvalue weighted by Crippen LogP contribution is -2.33. The van der Waals surface area contributed by atoms with E-state index in [0.29, 0.717) is 5.65 Å². The van der Waals surface area contributed by atoms with Crippen LogP contribution in [0.2, 0.25) is 0 Å². The number of halogens is 2. The smallest absolute Gasteiger partial charge is 0.276 e. The van der Waals surface area contributed by atoms with Crippen LogP contribution in [0.4, 0.5) is 8.78 Å². The molecule has 1 aliphatic heterocycles. The number of nitrogens with zero attached hydrogens (tertiary/aromatic N) is 4. The Labute approximate surface area is 141 Å². The summed E-state index contributed by atoms with van der Waals surface area (Å²) in [6.07, 6.45) is 5.64. The van der Waals surface area contributed by atoms with Gasteiger partial charge in [-0.25, -0.2) is 18.7 Å². The second-order valence-corrected chi connectivity index (χ2v) is 5.96. The Morgan fingerprint density at radius 1 is 1.20 bits per heavy atom. The Morgan fingerprint density at radius 3 is 2.76 bits per heavy atom. The van der Waals surface area contributed by atoms with Crippen LogP contribution >= 0.6 is 0 Å². The number of hydrogen-bond acceptors (Lipinski definition) is 4. The minimum absolute atomic E-state index is 0.0168. The maximum atomic E-state index is 14.2. The summed E-state index contributed by atoms with van der Waals surface area (Å²) >= 11 is 0.